The SMILES string of the molecule is ON=C1CCCCCCCCCCC1=NO. The van der Waals surface area contributed by atoms with E-state index in [-0.39, 0.29) is 0 Å². The quantitative estimate of drug-likeness (QED) is 0.490. The van der Waals surface area contributed by atoms with Crippen LogP contribution in [0.3, 0.4) is 0 Å². The van der Waals surface area contributed by atoms with Crippen LogP contribution in [0.5, 0.6) is 0 Å². The van der Waals surface area contributed by atoms with Crippen molar-refractivity contribution >= 4 is 11.4 Å². The first-order valence-corrected chi connectivity index (χ1v) is 6.30. The van der Waals surface area contributed by atoms with E-state index >= 15 is 0 Å². The van der Waals surface area contributed by atoms with Crippen LogP contribution in [0.2, 0.25) is 0 Å². The van der Waals surface area contributed by atoms with Crippen molar-refractivity contribution < 1.29 is 10.4 Å². The van der Waals surface area contributed by atoms with Crippen molar-refractivity contribution in [3.05, 3.63) is 0 Å². The average Bonchev–Trinajstić information content (AvgIpc) is 2.30. The van der Waals surface area contributed by atoms with Gasteiger partial charge >= 0.3 is 0 Å². The lowest BCUT2D eigenvalue weighted by Crippen LogP contribution is -2.15. The van der Waals surface area contributed by atoms with Crippen molar-refractivity contribution in [3.63, 3.8) is 0 Å². The van der Waals surface area contributed by atoms with E-state index in [0.717, 1.165) is 38.5 Å². The van der Waals surface area contributed by atoms with E-state index in [1.54, 1.807) is 0 Å². The van der Waals surface area contributed by atoms with E-state index in [9.17, 15) is 0 Å². The summed E-state index contributed by atoms with van der Waals surface area (Å²) >= 11 is 0. The lowest BCUT2D eigenvalue weighted by molar-refractivity contribution is 0.311. The Morgan fingerprint density at radius 1 is 0.562 bits per heavy atom. The van der Waals surface area contributed by atoms with Gasteiger partial charge in [-0.3, -0.25) is 0 Å². The van der Waals surface area contributed by atoms with E-state index in [4.69, 9.17) is 10.4 Å². The molecule has 16 heavy (non-hydrogen) atoms. The van der Waals surface area contributed by atoms with Crippen molar-refractivity contribution in [1.82, 2.24) is 0 Å². The van der Waals surface area contributed by atoms with Crippen molar-refractivity contribution in [2.45, 2.75) is 64.2 Å². The second-order valence-electron chi connectivity index (χ2n) is 4.42. The van der Waals surface area contributed by atoms with Crippen LogP contribution < -0.4 is 0 Å². The molecule has 0 bridgehead atoms. The molecule has 0 aromatic carbocycles. The highest BCUT2D eigenvalue weighted by molar-refractivity contribution is 6.42. The molecule has 92 valence electrons. The lowest BCUT2D eigenvalue weighted by atomic mass is 9.99. The highest BCUT2D eigenvalue weighted by Crippen LogP contribution is 2.14. The normalized spacial score (nSPS) is 26.2. The van der Waals surface area contributed by atoms with Crippen LogP contribution in [0.4, 0.5) is 0 Å². The predicted octanol–water partition coefficient (Wildman–Crippen LogP) is 3.56. The van der Waals surface area contributed by atoms with Gasteiger partial charge < -0.3 is 10.4 Å². The minimum Gasteiger partial charge on any atom is -0.411 e. The maximum Gasteiger partial charge on any atom is 0.104 e. The Kier molecular flexibility index (Phi) is 6.61. The van der Waals surface area contributed by atoms with Gasteiger partial charge in [0.25, 0.3) is 0 Å². The molecule has 1 saturated carbocycles. The highest BCUT2D eigenvalue weighted by atomic mass is 16.4. The average molecular weight is 226 g/mol. The van der Waals surface area contributed by atoms with Crippen LogP contribution in [0.15, 0.2) is 10.3 Å². The van der Waals surface area contributed by atoms with Crippen LogP contribution in [-0.4, -0.2) is 21.8 Å². The topological polar surface area (TPSA) is 65.2 Å². The molecule has 1 rings (SSSR count). The van der Waals surface area contributed by atoms with Gasteiger partial charge in [0.05, 0.1) is 0 Å². The smallest absolute Gasteiger partial charge is 0.104 e. The molecule has 2 N–H and O–H groups in total. The van der Waals surface area contributed by atoms with E-state index in [1.807, 2.05) is 0 Å². The van der Waals surface area contributed by atoms with Crippen molar-refractivity contribution in [2.75, 3.05) is 0 Å². The summed E-state index contributed by atoms with van der Waals surface area (Å²) in [6, 6.07) is 0. The molecule has 0 atom stereocenters. The van der Waals surface area contributed by atoms with E-state index in [2.05, 4.69) is 10.3 Å². The number of hydrogen-bond acceptors (Lipinski definition) is 4. The summed E-state index contributed by atoms with van der Waals surface area (Å²) < 4.78 is 0. The third kappa shape index (κ3) is 4.64. The lowest BCUT2D eigenvalue weighted by Gasteiger charge is -2.09. The van der Waals surface area contributed by atoms with E-state index < -0.39 is 0 Å². The molecule has 0 aliphatic heterocycles. The van der Waals surface area contributed by atoms with Crippen LogP contribution >= 0.6 is 0 Å². The number of hydrogen-bond donors (Lipinski definition) is 2. The van der Waals surface area contributed by atoms with Crippen LogP contribution in [0.25, 0.3) is 0 Å². The van der Waals surface area contributed by atoms with Gasteiger partial charge in [0, 0.05) is 0 Å². The molecule has 4 nitrogen and oxygen atoms in total. The zero-order valence-electron chi connectivity index (χ0n) is 9.86. The zero-order chi connectivity index (χ0) is 11.6. The molecule has 0 spiro atoms. The minimum atomic E-state index is 0.558. The molecule has 0 amide bonds. The first-order chi connectivity index (χ1) is 7.88. The van der Waals surface area contributed by atoms with Crippen molar-refractivity contribution in [3.8, 4) is 0 Å². The summed E-state index contributed by atoms with van der Waals surface area (Å²) in [6.07, 6.45) is 10.9. The van der Waals surface area contributed by atoms with Gasteiger partial charge in [0.2, 0.25) is 0 Å². The number of nitrogens with zero attached hydrogens (tertiary/aromatic N) is 2. The van der Waals surface area contributed by atoms with Gasteiger partial charge in [-0.1, -0.05) is 48.8 Å². The van der Waals surface area contributed by atoms with Gasteiger partial charge in [0.1, 0.15) is 11.4 Å². The van der Waals surface area contributed by atoms with Gasteiger partial charge in [-0.05, 0) is 25.7 Å². The molecule has 0 heterocycles. The third-order valence-corrected chi connectivity index (χ3v) is 3.15. The fraction of sp³-hybridized carbons (Fsp3) is 0.833. The Labute approximate surface area is 97.0 Å². The summed E-state index contributed by atoms with van der Waals surface area (Å²) in [5, 5.41) is 24.3. The van der Waals surface area contributed by atoms with E-state index in [1.165, 1.54) is 25.7 Å². The van der Waals surface area contributed by atoms with Gasteiger partial charge in [-0.2, -0.15) is 0 Å². The van der Waals surface area contributed by atoms with Crippen LogP contribution in [0, 0.1) is 0 Å². The monoisotopic (exact) mass is 226 g/mol. The molecule has 0 saturated heterocycles. The second-order valence-corrected chi connectivity index (χ2v) is 4.42. The summed E-state index contributed by atoms with van der Waals surface area (Å²) in [7, 11) is 0. The van der Waals surface area contributed by atoms with Crippen LogP contribution in [0.1, 0.15) is 64.2 Å². The maximum absolute atomic E-state index is 8.89. The maximum atomic E-state index is 8.89. The van der Waals surface area contributed by atoms with Gasteiger partial charge in [-0.15, -0.1) is 0 Å². The highest BCUT2D eigenvalue weighted by Gasteiger charge is 2.11. The number of oxime groups is 2. The molecule has 0 aromatic heterocycles. The molecule has 4 heteroatoms. The molecule has 1 aliphatic rings. The van der Waals surface area contributed by atoms with E-state index in [0.29, 0.717) is 11.4 Å². The summed E-state index contributed by atoms with van der Waals surface area (Å²) in [4.78, 5) is 0. The molecular weight excluding hydrogens is 204 g/mol. The van der Waals surface area contributed by atoms with Crippen molar-refractivity contribution in [2.24, 2.45) is 10.3 Å². The Bertz CT molecular complexity index is 223. The Hall–Kier alpha value is -1.06. The van der Waals surface area contributed by atoms with Crippen LogP contribution in [-0.2, 0) is 0 Å². The summed E-state index contributed by atoms with van der Waals surface area (Å²) in [5.41, 5.74) is 1.12. The summed E-state index contributed by atoms with van der Waals surface area (Å²) in [6.45, 7) is 0. The molecular formula is C12H22N2O2. The Morgan fingerprint density at radius 3 is 1.19 bits per heavy atom. The minimum absolute atomic E-state index is 0.558. The molecule has 1 aliphatic carbocycles. The van der Waals surface area contributed by atoms with Crippen molar-refractivity contribution in [1.29, 1.82) is 0 Å². The largest absolute Gasteiger partial charge is 0.411 e. The Morgan fingerprint density at radius 2 is 0.875 bits per heavy atom. The van der Waals surface area contributed by atoms with Gasteiger partial charge in [0.15, 0.2) is 0 Å². The second kappa shape index (κ2) is 8.13. The molecule has 0 radical (unpaired) electrons. The Balaban J connectivity index is 2.53. The van der Waals surface area contributed by atoms with Gasteiger partial charge in [-0.25, -0.2) is 0 Å². The molecule has 0 unspecified atom stereocenters. The molecule has 0 aromatic rings. The zero-order valence-corrected chi connectivity index (χ0v) is 9.86. The third-order valence-electron chi connectivity index (χ3n) is 3.15. The first kappa shape index (κ1) is 13.0. The summed E-state index contributed by atoms with van der Waals surface area (Å²) in [5.74, 6) is 0. The number of rotatable bonds is 0. The molecule has 1 fully saturated rings. The fourth-order valence-electron chi connectivity index (χ4n) is 2.15. The standard InChI is InChI=1S/C12H22N2O2/c15-13-11-9-7-5-3-1-2-4-6-8-10-12(11)14-16/h15-16H,1-10H2. The first-order valence-electron chi connectivity index (χ1n) is 6.30. The predicted molar refractivity (Wildman–Crippen MR) is 64.6 cm³/mol. The fourth-order valence-corrected chi connectivity index (χ4v) is 2.15.